The Bertz CT molecular complexity index is 1960. The van der Waals surface area contributed by atoms with Crippen molar-refractivity contribution in [3.05, 3.63) is 146 Å². The van der Waals surface area contributed by atoms with Crippen molar-refractivity contribution >= 4 is 32.3 Å². The summed E-state index contributed by atoms with van der Waals surface area (Å²) in [6.45, 7) is 0. The van der Waals surface area contributed by atoms with Gasteiger partial charge in [-0.2, -0.15) is 0 Å². The van der Waals surface area contributed by atoms with E-state index in [1.54, 1.807) is 0 Å². The van der Waals surface area contributed by atoms with Crippen LogP contribution in [0.3, 0.4) is 0 Å². The van der Waals surface area contributed by atoms with E-state index in [0.29, 0.717) is 0 Å². The van der Waals surface area contributed by atoms with Crippen LogP contribution in [0.25, 0.3) is 76.8 Å². The first-order valence-corrected chi connectivity index (χ1v) is 13.6. The topological polar surface area (TPSA) is 25.8 Å². The number of hydrogen-bond donors (Lipinski definition) is 0. The van der Waals surface area contributed by atoms with Gasteiger partial charge in [-0.3, -0.25) is 9.97 Å². The van der Waals surface area contributed by atoms with Crippen molar-refractivity contribution in [3.63, 3.8) is 0 Å². The van der Waals surface area contributed by atoms with Crippen molar-refractivity contribution in [2.24, 2.45) is 0 Å². The minimum Gasteiger partial charge on any atom is -0.264 e. The van der Waals surface area contributed by atoms with E-state index in [1.807, 2.05) is 36.9 Å². The van der Waals surface area contributed by atoms with E-state index < -0.39 is 0 Å². The minimum absolute atomic E-state index is 1.13. The van der Waals surface area contributed by atoms with Crippen LogP contribution in [0.1, 0.15) is 0 Å². The molecule has 0 aliphatic carbocycles. The molecule has 0 amide bonds. The molecular formula is C38H24N2. The number of pyridine rings is 2. The van der Waals surface area contributed by atoms with Crippen LogP contribution in [0.2, 0.25) is 0 Å². The number of hydrogen-bond acceptors (Lipinski definition) is 2. The van der Waals surface area contributed by atoms with E-state index in [1.165, 1.54) is 65.7 Å². The van der Waals surface area contributed by atoms with Crippen LogP contribution in [-0.4, -0.2) is 9.97 Å². The molecule has 0 saturated heterocycles. The molecule has 2 aromatic heterocycles. The Morgan fingerprint density at radius 2 is 0.725 bits per heavy atom. The first-order valence-electron chi connectivity index (χ1n) is 13.6. The molecule has 2 heterocycles. The Labute approximate surface area is 232 Å². The Balaban J connectivity index is 1.27. The fraction of sp³-hybridized carbons (Fsp3) is 0. The maximum absolute atomic E-state index is 4.27. The molecule has 0 fully saturated rings. The van der Waals surface area contributed by atoms with Gasteiger partial charge in [0.25, 0.3) is 0 Å². The Morgan fingerprint density at radius 3 is 1.12 bits per heavy atom. The van der Waals surface area contributed by atoms with Crippen LogP contribution < -0.4 is 0 Å². The normalized spacial score (nSPS) is 11.5. The van der Waals surface area contributed by atoms with Crippen LogP contribution in [-0.2, 0) is 0 Å². The Morgan fingerprint density at radius 1 is 0.325 bits per heavy atom. The summed E-state index contributed by atoms with van der Waals surface area (Å²) in [5.41, 5.74) is 9.56. The summed E-state index contributed by atoms with van der Waals surface area (Å²) in [6, 6.07) is 44.0. The summed E-state index contributed by atoms with van der Waals surface area (Å²) in [6.07, 6.45) is 7.45. The molecule has 0 unspecified atom stereocenters. The van der Waals surface area contributed by atoms with E-state index in [2.05, 4.69) is 119 Å². The van der Waals surface area contributed by atoms with Crippen molar-refractivity contribution < 1.29 is 0 Å². The monoisotopic (exact) mass is 508 g/mol. The molecule has 0 atom stereocenters. The molecule has 40 heavy (non-hydrogen) atoms. The van der Waals surface area contributed by atoms with E-state index >= 15 is 0 Å². The average molecular weight is 509 g/mol. The molecule has 0 spiro atoms. The summed E-state index contributed by atoms with van der Waals surface area (Å²) >= 11 is 0. The second-order valence-corrected chi connectivity index (χ2v) is 10.3. The van der Waals surface area contributed by atoms with Gasteiger partial charge in [0.1, 0.15) is 0 Å². The van der Waals surface area contributed by atoms with Crippen LogP contribution >= 0.6 is 0 Å². The molecule has 186 valence electrons. The molecule has 0 aliphatic rings. The van der Waals surface area contributed by atoms with Crippen LogP contribution in [0.5, 0.6) is 0 Å². The fourth-order valence-electron chi connectivity index (χ4n) is 6.06. The first-order chi connectivity index (χ1) is 19.8. The molecule has 6 aromatic carbocycles. The van der Waals surface area contributed by atoms with Gasteiger partial charge in [-0.25, -0.2) is 0 Å². The Hall–Kier alpha value is -5.34. The largest absolute Gasteiger partial charge is 0.264 e. The summed E-state index contributed by atoms with van der Waals surface area (Å²) < 4.78 is 0. The zero-order valence-corrected chi connectivity index (χ0v) is 21.8. The standard InChI is InChI=1S/C38H24N2/c1-3-31(23-39-21-1)25-5-9-27(10-6-25)33-17-13-29-16-20-36-34(18-14-30-15-19-35(33)37(29)38(30)36)28-11-7-26(8-12-28)32-4-2-22-40-24-32/h1-24H. The van der Waals surface area contributed by atoms with E-state index in [9.17, 15) is 0 Å². The lowest BCUT2D eigenvalue weighted by Gasteiger charge is -2.17. The van der Waals surface area contributed by atoms with Gasteiger partial charge in [0, 0.05) is 24.8 Å². The lowest BCUT2D eigenvalue weighted by molar-refractivity contribution is 1.33. The summed E-state index contributed by atoms with van der Waals surface area (Å²) in [5, 5.41) is 7.78. The van der Waals surface area contributed by atoms with Gasteiger partial charge >= 0.3 is 0 Å². The lowest BCUT2D eigenvalue weighted by Crippen LogP contribution is -1.90. The fourth-order valence-corrected chi connectivity index (χ4v) is 6.06. The van der Waals surface area contributed by atoms with Crippen molar-refractivity contribution in [1.29, 1.82) is 0 Å². The summed E-state index contributed by atoms with van der Waals surface area (Å²) in [4.78, 5) is 8.55. The smallest absolute Gasteiger partial charge is 0.0346 e. The molecule has 2 heteroatoms. The molecule has 8 aromatic rings. The third-order valence-corrected chi connectivity index (χ3v) is 8.05. The van der Waals surface area contributed by atoms with Crippen molar-refractivity contribution in [2.45, 2.75) is 0 Å². The highest BCUT2D eigenvalue weighted by Crippen LogP contribution is 2.42. The predicted octanol–water partition coefficient (Wildman–Crippen LogP) is 10.0. The van der Waals surface area contributed by atoms with Crippen LogP contribution in [0, 0.1) is 0 Å². The average Bonchev–Trinajstić information content (AvgIpc) is 3.04. The SMILES string of the molecule is c1cncc(-c2ccc(-c3ccc4ccc5c(-c6ccc(-c7cccnc7)cc6)ccc6ccc3c4c65)cc2)c1. The molecule has 0 radical (unpaired) electrons. The molecular weight excluding hydrogens is 484 g/mol. The van der Waals surface area contributed by atoms with Gasteiger partial charge in [0.15, 0.2) is 0 Å². The number of rotatable bonds is 4. The zero-order chi connectivity index (χ0) is 26.5. The molecule has 0 bridgehead atoms. The maximum Gasteiger partial charge on any atom is 0.0346 e. The minimum atomic E-state index is 1.13. The van der Waals surface area contributed by atoms with E-state index in [0.717, 1.165) is 11.1 Å². The van der Waals surface area contributed by atoms with Crippen molar-refractivity contribution in [3.8, 4) is 44.5 Å². The molecule has 0 N–H and O–H groups in total. The second kappa shape index (κ2) is 9.14. The van der Waals surface area contributed by atoms with Crippen LogP contribution in [0.4, 0.5) is 0 Å². The Kier molecular flexibility index (Phi) is 5.17. The number of aromatic nitrogens is 2. The van der Waals surface area contributed by atoms with Gasteiger partial charge in [-0.05, 0) is 89.0 Å². The third kappa shape index (κ3) is 3.65. The summed E-state index contributed by atoms with van der Waals surface area (Å²) in [7, 11) is 0. The predicted molar refractivity (Wildman–Crippen MR) is 167 cm³/mol. The first kappa shape index (κ1) is 22.6. The highest BCUT2D eigenvalue weighted by molar-refractivity contribution is 6.27. The second-order valence-electron chi connectivity index (χ2n) is 10.3. The van der Waals surface area contributed by atoms with Crippen molar-refractivity contribution in [1.82, 2.24) is 9.97 Å². The molecule has 8 rings (SSSR count). The van der Waals surface area contributed by atoms with Gasteiger partial charge in [0.2, 0.25) is 0 Å². The quantitative estimate of drug-likeness (QED) is 0.221. The van der Waals surface area contributed by atoms with Gasteiger partial charge < -0.3 is 0 Å². The third-order valence-electron chi connectivity index (χ3n) is 8.05. The number of benzene rings is 6. The molecule has 0 saturated carbocycles. The van der Waals surface area contributed by atoms with E-state index in [4.69, 9.17) is 0 Å². The maximum atomic E-state index is 4.27. The van der Waals surface area contributed by atoms with Gasteiger partial charge in [-0.15, -0.1) is 0 Å². The van der Waals surface area contributed by atoms with Gasteiger partial charge in [0.05, 0.1) is 0 Å². The lowest BCUT2D eigenvalue weighted by atomic mass is 9.87. The highest BCUT2D eigenvalue weighted by atomic mass is 14.6. The highest BCUT2D eigenvalue weighted by Gasteiger charge is 2.15. The van der Waals surface area contributed by atoms with Crippen LogP contribution in [0.15, 0.2) is 146 Å². The van der Waals surface area contributed by atoms with Crippen molar-refractivity contribution in [2.75, 3.05) is 0 Å². The number of nitrogens with zero attached hydrogens (tertiary/aromatic N) is 2. The van der Waals surface area contributed by atoms with E-state index in [-0.39, 0.29) is 0 Å². The van der Waals surface area contributed by atoms with Gasteiger partial charge in [-0.1, -0.05) is 109 Å². The molecule has 2 nitrogen and oxygen atoms in total. The zero-order valence-electron chi connectivity index (χ0n) is 21.8. The summed E-state index contributed by atoms with van der Waals surface area (Å²) in [5.74, 6) is 0. The molecule has 0 aliphatic heterocycles.